The standard InChI is InChI=1S/C16H22N2O3/c1-2-20-16(19)18-9-7-17(8-10-18)14-11-13-5-3-4-6-15(13)21-12-14/h3-6,14H,2,7-12H2,1H3. The fraction of sp³-hybridized carbons (Fsp3) is 0.562. The van der Waals surface area contributed by atoms with Crippen LogP contribution in [0.15, 0.2) is 24.3 Å². The molecular weight excluding hydrogens is 268 g/mol. The summed E-state index contributed by atoms with van der Waals surface area (Å²) in [6, 6.07) is 8.64. The van der Waals surface area contributed by atoms with Crippen molar-refractivity contribution in [3.8, 4) is 5.75 Å². The highest BCUT2D eigenvalue weighted by molar-refractivity contribution is 5.67. The zero-order valence-electron chi connectivity index (χ0n) is 12.5. The second kappa shape index (κ2) is 6.35. The highest BCUT2D eigenvalue weighted by atomic mass is 16.6. The van der Waals surface area contributed by atoms with Crippen LogP contribution in [0.1, 0.15) is 12.5 Å². The molecule has 1 amide bonds. The highest BCUT2D eigenvalue weighted by Crippen LogP contribution is 2.26. The molecule has 1 fully saturated rings. The maximum Gasteiger partial charge on any atom is 0.409 e. The molecule has 1 unspecified atom stereocenters. The third kappa shape index (κ3) is 3.13. The van der Waals surface area contributed by atoms with Crippen molar-refractivity contribution in [2.24, 2.45) is 0 Å². The van der Waals surface area contributed by atoms with E-state index in [9.17, 15) is 4.79 Å². The third-order valence-electron chi connectivity index (χ3n) is 4.22. The number of piperazine rings is 1. The van der Waals surface area contributed by atoms with Crippen LogP contribution in [0.5, 0.6) is 5.75 Å². The summed E-state index contributed by atoms with van der Waals surface area (Å²) in [5, 5.41) is 0. The molecule has 5 heteroatoms. The van der Waals surface area contributed by atoms with Gasteiger partial charge in [-0.05, 0) is 25.0 Å². The van der Waals surface area contributed by atoms with Crippen LogP contribution in [-0.2, 0) is 11.2 Å². The largest absolute Gasteiger partial charge is 0.492 e. The summed E-state index contributed by atoms with van der Waals surface area (Å²) in [7, 11) is 0. The number of fused-ring (bicyclic) bond motifs is 1. The Morgan fingerprint density at radius 1 is 1.29 bits per heavy atom. The Labute approximate surface area is 125 Å². The van der Waals surface area contributed by atoms with Gasteiger partial charge in [-0.3, -0.25) is 4.90 Å². The van der Waals surface area contributed by atoms with Crippen LogP contribution in [0.25, 0.3) is 0 Å². The normalized spacial score (nSPS) is 22.3. The number of ether oxygens (including phenoxy) is 2. The third-order valence-corrected chi connectivity index (χ3v) is 4.22. The Balaban J connectivity index is 1.55. The lowest BCUT2D eigenvalue weighted by atomic mass is 10.0. The Bertz CT molecular complexity index is 498. The average molecular weight is 290 g/mol. The first-order valence-corrected chi connectivity index (χ1v) is 7.64. The average Bonchev–Trinajstić information content (AvgIpc) is 2.55. The molecule has 3 rings (SSSR count). The molecule has 1 atom stereocenters. The molecular formula is C16H22N2O3. The van der Waals surface area contributed by atoms with Crippen molar-refractivity contribution < 1.29 is 14.3 Å². The molecule has 0 aliphatic carbocycles. The van der Waals surface area contributed by atoms with Gasteiger partial charge < -0.3 is 14.4 Å². The molecule has 0 aromatic heterocycles. The molecule has 2 aliphatic rings. The number of carbonyl (C=O) groups is 1. The first kappa shape index (κ1) is 14.2. The SMILES string of the molecule is CCOC(=O)N1CCN(C2COc3ccccc3C2)CC1. The number of amides is 1. The number of carbonyl (C=O) groups excluding carboxylic acids is 1. The minimum atomic E-state index is -0.192. The molecule has 2 heterocycles. The van der Waals surface area contributed by atoms with Crippen molar-refractivity contribution in [1.82, 2.24) is 9.80 Å². The van der Waals surface area contributed by atoms with Gasteiger partial charge in [0.2, 0.25) is 0 Å². The molecule has 0 spiro atoms. The summed E-state index contributed by atoms with van der Waals surface area (Å²) in [4.78, 5) is 15.9. The van der Waals surface area contributed by atoms with Crippen molar-refractivity contribution >= 4 is 6.09 Å². The molecule has 0 saturated carbocycles. The number of benzene rings is 1. The van der Waals surface area contributed by atoms with E-state index in [2.05, 4.69) is 17.0 Å². The van der Waals surface area contributed by atoms with Crippen LogP contribution >= 0.6 is 0 Å². The van der Waals surface area contributed by atoms with Crippen LogP contribution in [0.3, 0.4) is 0 Å². The second-order valence-electron chi connectivity index (χ2n) is 5.50. The minimum Gasteiger partial charge on any atom is -0.492 e. The Morgan fingerprint density at radius 3 is 2.81 bits per heavy atom. The van der Waals surface area contributed by atoms with E-state index in [1.165, 1.54) is 5.56 Å². The first-order chi connectivity index (χ1) is 10.3. The van der Waals surface area contributed by atoms with Crippen molar-refractivity contribution in [1.29, 1.82) is 0 Å². The van der Waals surface area contributed by atoms with E-state index < -0.39 is 0 Å². The van der Waals surface area contributed by atoms with E-state index >= 15 is 0 Å². The lowest BCUT2D eigenvalue weighted by Crippen LogP contribution is -2.54. The van der Waals surface area contributed by atoms with Crippen molar-refractivity contribution in [2.45, 2.75) is 19.4 Å². The van der Waals surface area contributed by atoms with Crippen molar-refractivity contribution in [3.05, 3.63) is 29.8 Å². The lowest BCUT2D eigenvalue weighted by molar-refractivity contribution is 0.0501. The smallest absolute Gasteiger partial charge is 0.409 e. The molecule has 5 nitrogen and oxygen atoms in total. The van der Waals surface area contributed by atoms with Gasteiger partial charge in [-0.1, -0.05) is 18.2 Å². The lowest BCUT2D eigenvalue weighted by Gasteiger charge is -2.40. The van der Waals surface area contributed by atoms with Gasteiger partial charge in [-0.2, -0.15) is 0 Å². The monoisotopic (exact) mass is 290 g/mol. The van der Waals surface area contributed by atoms with Crippen LogP contribution in [0, 0.1) is 0 Å². The second-order valence-corrected chi connectivity index (χ2v) is 5.50. The number of hydrogen-bond donors (Lipinski definition) is 0. The fourth-order valence-electron chi connectivity index (χ4n) is 3.03. The number of para-hydroxylation sites is 1. The summed E-state index contributed by atoms with van der Waals surface area (Å²) in [6.07, 6.45) is 0.831. The zero-order valence-corrected chi connectivity index (χ0v) is 12.5. The molecule has 2 aliphatic heterocycles. The summed E-state index contributed by atoms with van der Waals surface area (Å²) in [5.74, 6) is 1.01. The molecule has 0 radical (unpaired) electrons. The topological polar surface area (TPSA) is 42.0 Å². The number of hydrogen-bond acceptors (Lipinski definition) is 4. The Kier molecular flexibility index (Phi) is 4.29. The van der Waals surface area contributed by atoms with Crippen LogP contribution < -0.4 is 4.74 Å². The van der Waals surface area contributed by atoms with Crippen LogP contribution in [0.4, 0.5) is 4.79 Å². The van der Waals surface area contributed by atoms with Gasteiger partial charge >= 0.3 is 6.09 Å². The van der Waals surface area contributed by atoms with Crippen LogP contribution in [0.2, 0.25) is 0 Å². The first-order valence-electron chi connectivity index (χ1n) is 7.64. The van der Waals surface area contributed by atoms with Gasteiger partial charge in [-0.15, -0.1) is 0 Å². The summed E-state index contributed by atoms with van der Waals surface area (Å²) >= 11 is 0. The van der Waals surface area contributed by atoms with Gasteiger partial charge in [0.25, 0.3) is 0 Å². The summed E-state index contributed by atoms with van der Waals surface area (Å²) in [5.41, 5.74) is 1.28. The van der Waals surface area contributed by atoms with E-state index in [4.69, 9.17) is 9.47 Å². The molecule has 114 valence electrons. The molecule has 0 N–H and O–H groups in total. The predicted molar refractivity (Wildman–Crippen MR) is 79.6 cm³/mol. The van der Waals surface area contributed by atoms with E-state index in [0.29, 0.717) is 12.6 Å². The fourth-order valence-corrected chi connectivity index (χ4v) is 3.03. The Hall–Kier alpha value is -1.75. The van der Waals surface area contributed by atoms with Crippen molar-refractivity contribution in [3.63, 3.8) is 0 Å². The molecule has 21 heavy (non-hydrogen) atoms. The maximum absolute atomic E-state index is 11.7. The van der Waals surface area contributed by atoms with E-state index in [-0.39, 0.29) is 6.09 Å². The molecule has 1 aromatic carbocycles. The number of rotatable bonds is 2. The van der Waals surface area contributed by atoms with Crippen molar-refractivity contribution in [2.75, 3.05) is 39.4 Å². The molecule has 1 saturated heterocycles. The van der Waals surface area contributed by atoms with Gasteiger partial charge in [0.15, 0.2) is 0 Å². The van der Waals surface area contributed by atoms with E-state index in [1.807, 2.05) is 19.1 Å². The molecule has 0 bridgehead atoms. The summed E-state index contributed by atoms with van der Waals surface area (Å²) < 4.78 is 10.9. The van der Waals surface area contributed by atoms with Gasteiger partial charge in [0.1, 0.15) is 12.4 Å². The van der Waals surface area contributed by atoms with Gasteiger partial charge in [-0.25, -0.2) is 4.79 Å². The Morgan fingerprint density at radius 2 is 2.05 bits per heavy atom. The zero-order chi connectivity index (χ0) is 14.7. The highest BCUT2D eigenvalue weighted by Gasteiger charge is 2.29. The van der Waals surface area contributed by atoms with Gasteiger partial charge in [0.05, 0.1) is 6.61 Å². The van der Waals surface area contributed by atoms with E-state index in [0.717, 1.165) is 45.0 Å². The maximum atomic E-state index is 11.7. The van der Waals surface area contributed by atoms with Crippen LogP contribution in [-0.4, -0.2) is 61.3 Å². The predicted octanol–water partition coefficient (Wildman–Crippen LogP) is 1.76. The summed E-state index contributed by atoms with van der Waals surface area (Å²) in [6.45, 7) is 6.24. The quantitative estimate of drug-likeness (QED) is 0.832. The number of nitrogens with zero attached hydrogens (tertiary/aromatic N) is 2. The molecule has 1 aromatic rings. The minimum absolute atomic E-state index is 0.192. The van der Waals surface area contributed by atoms with Gasteiger partial charge in [0, 0.05) is 32.2 Å². The van der Waals surface area contributed by atoms with E-state index in [1.54, 1.807) is 4.90 Å².